The predicted molar refractivity (Wildman–Crippen MR) is 137 cm³/mol. The van der Waals surface area contributed by atoms with Crippen LogP contribution in [-0.4, -0.2) is 81.4 Å². The molecule has 0 radical (unpaired) electrons. The van der Waals surface area contributed by atoms with Gasteiger partial charge in [-0.3, -0.25) is 19.2 Å². The van der Waals surface area contributed by atoms with Crippen molar-refractivity contribution >= 4 is 42.3 Å². The number of nitrogens with one attached hydrogen (secondary N) is 3. The monoisotopic (exact) mass is 541 g/mol. The Hall–Kier alpha value is -3.36. The maximum atomic E-state index is 12.9. The average molecular weight is 542 g/mol. The number of unbranched alkanes of at least 4 members (excludes halogenated alkanes) is 1. The van der Waals surface area contributed by atoms with Crippen LogP contribution in [0.5, 0.6) is 5.75 Å². The summed E-state index contributed by atoms with van der Waals surface area (Å²) in [6.45, 7) is 0.340. The maximum Gasteiger partial charge on any atom is 0.326 e. The van der Waals surface area contributed by atoms with Gasteiger partial charge in [-0.2, -0.15) is 12.6 Å². The highest BCUT2D eigenvalue weighted by atomic mass is 32.1. The van der Waals surface area contributed by atoms with Crippen LogP contribution in [0.3, 0.4) is 0 Å². The van der Waals surface area contributed by atoms with Crippen molar-refractivity contribution in [3.05, 3.63) is 29.8 Å². The first-order valence-electron chi connectivity index (χ1n) is 11.7. The van der Waals surface area contributed by atoms with Crippen LogP contribution in [0.25, 0.3) is 0 Å². The third kappa shape index (κ3) is 11.9. The van der Waals surface area contributed by atoms with Crippen molar-refractivity contribution in [3.8, 4) is 5.75 Å². The molecule has 0 aromatic heterocycles. The molecule has 14 heteroatoms. The summed E-state index contributed by atoms with van der Waals surface area (Å²) < 4.78 is 0. The van der Waals surface area contributed by atoms with Gasteiger partial charge in [0, 0.05) is 12.2 Å². The molecule has 0 aliphatic rings. The summed E-state index contributed by atoms with van der Waals surface area (Å²) in [5.41, 5.74) is 12.1. The number of carboxylic acids is 2. The number of aromatic hydroxyl groups is 1. The van der Waals surface area contributed by atoms with Crippen molar-refractivity contribution in [1.82, 2.24) is 16.0 Å². The highest BCUT2D eigenvalue weighted by molar-refractivity contribution is 7.80. The molecule has 4 unspecified atom stereocenters. The Morgan fingerprint density at radius 2 is 1.41 bits per heavy atom. The van der Waals surface area contributed by atoms with E-state index in [1.54, 1.807) is 12.1 Å². The molecule has 4 atom stereocenters. The van der Waals surface area contributed by atoms with Gasteiger partial charge in [0.15, 0.2) is 0 Å². The molecule has 37 heavy (non-hydrogen) atoms. The number of carboxylic acid groups (broad SMARTS) is 2. The lowest BCUT2D eigenvalue weighted by molar-refractivity contribution is -0.143. The Morgan fingerprint density at radius 3 is 1.95 bits per heavy atom. The van der Waals surface area contributed by atoms with Crippen LogP contribution in [0.1, 0.15) is 37.7 Å². The summed E-state index contributed by atoms with van der Waals surface area (Å²) in [6, 6.07) is 1.36. The first-order chi connectivity index (χ1) is 17.5. The van der Waals surface area contributed by atoms with Crippen molar-refractivity contribution in [3.63, 3.8) is 0 Å². The first-order valence-corrected chi connectivity index (χ1v) is 12.3. The molecular weight excluding hydrogens is 506 g/mol. The summed E-state index contributed by atoms with van der Waals surface area (Å²) in [7, 11) is 0. The Balaban J connectivity index is 2.84. The minimum absolute atomic E-state index is 0.0650. The van der Waals surface area contributed by atoms with E-state index in [2.05, 4.69) is 28.6 Å². The fourth-order valence-electron chi connectivity index (χ4n) is 3.28. The molecule has 0 heterocycles. The fraction of sp³-hybridized carbons (Fsp3) is 0.522. The molecule has 1 aromatic rings. The number of amides is 3. The number of benzene rings is 1. The number of thiol groups is 1. The zero-order valence-corrected chi connectivity index (χ0v) is 21.2. The second-order valence-electron chi connectivity index (χ2n) is 8.40. The van der Waals surface area contributed by atoms with Crippen LogP contribution in [0, 0.1) is 0 Å². The van der Waals surface area contributed by atoms with E-state index in [9.17, 15) is 34.2 Å². The van der Waals surface area contributed by atoms with Crippen molar-refractivity contribution < 1.29 is 39.3 Å². The summed E-state index contributed by atoms with van der Waals surface area (Å²) >= 11 is 4.10. The average Bonchev–Trinajstić information content (AvgIpc) is 2.85. The highest BCUT2D eigenvalue weighted by Crippen LogP contribution is 2.11. The van der Waals surface area contributed by atoms with Gasteiger partial charge in [-0.05, 0) is 56.3 Å². The molecule has 0 aliphatic carbocycles. The Labute approximate surface area is 219 Å². The summed E-state index contributed by atoms with van der Waals surface area (Å²) in [5.74, 6) is -4.85. The smallest absolute Gasteiger partial charge is 0.326 e. The number of hydrogen-bond donors (Lipinski definition) is 9. The number of aliphatic carboxylic acids is 2. The van der Waals surface area contributed by atoms with Gasteiger partial charge in [0.2, 0.25) is 17.7 Å². The highest BCUT2D eigenvalue weighted by Gasteiger charge is 2.30. The van der Waals surface area contributed by atoms with E-state index in [0.29, 0.717) is 24.9 Å². The zero-order chi connectivity index (χ0) is 28.0. The second-order valence-corrected chi connectivity index (χ2v) is 8.76. The van der Waals surface area contributed by atoms with E-state index in [0.717, 1.165) is 0 Å². The molecule has 1 rings (SSSR count). The molecular formula is C23H35N5O8S. The van der Waals surface area contributed by atoms with Gasteiger partial charge in [0.05, 0.1) is 6.04 Å². The Kier molecular flexibility index (Phi) is 14.0. The van der Waals surface area contributed by atoms with Crippen molar-refractivity contribution in [1.29, 1.82) is 0 Å². The van der Waals surface area contributed by atoms with Crippen molar-refractivity contribution in [2.24, 2.45) is 11.5 Å². The molecule has 1 aromatic carbocycles. The normalized spacial score (nSPS) is 14.0. The maximum absolute atomic E-state index is 12.9. The number of hydrogen-bond acceptors (Lipinski definition) is 9. The lowest BCUT2D eigenvalue weighted by Gasteiger charge is -2.24. The SMILES string of the molecule is NCCCCC(NC(=O)C(CS)NC(=O)C(N)Cc1ccc(O)cc1)C(=O)NC(CCC(=O)O)C(=O)O. The minimum Gasteiger partial charge on any atom is -0.508 e. The van der Waals surface area contributed by atoms with E-state index in [1.165, 1.54) is 12.1 Å². The summed E-state index contributed by atoms with van der Waals surface area (Å²) in [5, 5.41) is 34.7. The third-order valence-corrected chi connectivity index (χ3v) is 5.75. The number of carbonyl (C=O) groups is 5. The van der Waals surface area contributed by atoms with Gasteiger partial charge < -0.3 is 42.7 Å². The van der Waals surface area contributed by atoms with E-state index in [1.807, 2.05) is 0 Å². The number of rotatable bonds is 17. The molecule has 0 fully saturated rings. The molecule has 10 N–H and O–H groups in total. The molecule has 206 valence electrons. The van der Waals surface area contributed by atoms with Crippen LogP contribution in [0.2, 0.25) is 0 Å². The van der Waals surface area contributed by atoms with Crippen LogP contribution in [0.15, 0.2) is 24.3 Å². The molecule has 0 saturated carbocycles. The van der Waals surface area contributed by atoms with Crippen molar-refractivity contribution in [2.75, 3.05) is 12.3 Å². The number of carbonyl (C=O) groups excluding carboxylic acids is 3. The van der Waals surface area contributed by atoms with Gasteiger partial charge in [-0.15, -0.1) is 0 Å². The van der Waals surface area contributed by atoms with Gasteiger partial charge in [0.1, 0.15) is 23.9 Å². The molecule has 0 saturated heterocycles. The standard InChI is InChI=1S/C23H35N5O8S/c24-10-2-1-3-16(21(33)27-17(23(35)36)8-9-19(30)31)26-22(34)18(12-37)28-20(32)15(25)11-13-4-6-14(29)7-5-13/h4-7,15-18,29,37H,1-3,8-12,24-25H2,(H,26,34)(H,27,33)(H,28,32)(H,30,31)(H,35,36). The van der Waals surface area contributed by atoms with E-state index >= 15 is 0 Å². The van der Waals surface area contributed by atoms with Crippen LogP contribution in [-0.2, 0) is 30.4 Å². The van der Waals surface area contributed by atoms with Gasteiger partial charge in [-0.1, -0.05) is 12.1 Å². The second kappa shape index (κ2) is 16.4. The first kappa shape index (κ1) is 31.7. The van der Waals surface area contributed by atoms with E-state index in [-0.39, 0.29) is 30.8 Å². The summed E-state index contributed by atoms with van der Waals surface area (Å²) in [6.07, 6.45) is 0.447. The van der Waals surface area contributed by atoms with Gasteiger partial charge >= 0.3 is 11.9 Å². The quantitative estimate of drug-likeness (QED) is 0.0837. The topological polar surface area (TPSA) is 234 Å². The third-order valence-electron chi connectivity index (χ3n) is 5.39. The van der Waals surface area contributed by atoms with E-state index < -0.39 is 60.2 Å². The molecule has 0 spiro atoms. The largest absolute Gasteiger partial charge is 0.508 e. The fourth-order valence-corrected chi connectivity index (χ4v) is 3.54. The van der Waals surface area contributed by atoms with Gasteiger partial charge in [0.25, 0.3) is 0 Å². The predicted octanol–water partition coefficient (Wildman–Crippen LogP) is -1.28. The minimum atomic E-state index is -1.46. The molecule has 13 nitrogen and oxygen atoms in total. The molecule has 0 aliphatic heterocycles. The number of phenolic OH excluding ortho intramolecular Hbond substituents is 1. The lowest BCUT2D eigenvalue weighted by atomic mass is 10.0. The van der Waals surface area contributed by atoms with Crippen LogP contribution >= 0.6 is 12.6 Å². The number of nitrogens with two attached hydrogens (primary N) is 2. The number of phenols is 1. The van der Waals surface area contributed by atoms with Gasteiger partial charge in [-0.25, -0.2) is 4.79 Å². The van der Waals surface area contributed by atoms with Crippen LogP contribution < -0.4 is 27.4 Å². The molecule has 3 amide bonds. The zero-order valence-electron chi connectivity index (χ0n) is 20.3. The lowest BCUT2D eigenvalue weighted by Crippen LogP contribution is -2.57. The molecule has 0 bridgehead atoms. The Morgan fingerprint density at radius 1 is 0.838 bits per heavy atom. The van der Waals surface area contributed by atoms with Crippen molar-refractivity contribution in [2.45, 2.75) is 62.7 Å². The summed E-state index contributed by atoms with van der Waals surface area (Å²) in [4.78, 5) is 60.5. The van der Waals surface area contributed by atoms with Crippen LogP contribution in [0.4, 0.5) is 0 Å². The van der Waals surface area contributed by atoms with E-state index in [4.69, 9.17) is 16.6 Å². The Bertz CT molecular complexity index is 930.